The zero-order valence-corrected chi connectivity index (χ0v) is 12.1. The number of carbonyl (C=O) groups excluding carboxylic acids is 1. The zero-order chi connectivity index (χ0) is 15.1. The molecule has 5 heteroatoms. The molecule has 0 fully saturated rings. The number of carbonyl (C=O) groups is 2. The minimum atomic E-state index is -0.929. The van der Waals surface area contributed by atoms with E-state index in [1.54, 1.807) is 0 Å². The van der Waals surface area contributed by atoms with E-state index in [4.69, 9.17) is 9.84 Å². The lowest BCUT2D eigenvalue weighted by Gasteiger charge is -2.24. The molecule has 20 heavy (non-hydrogen) atoms. The molecule has 0 saturated heterocycles. The Morgan fingerprint density at radius 3 is 2.50 bits per heavy atom. The second-order valence-corrected chi connectivity index (χ2v) is 4.84. The van der Waals surface area contributed by atoms with Crippen molar-refractivity contribution in [2.24, 2.45) is 0 Å². The van der Waals surface area contributed by atoms with E-state index >= 15 is 0 Å². The molecule has 0 unspecified atom stereocenters. The molecule has 0 bridgehead atoms. The van der Waals surface area contributed by atoms with E-state index in [0.29, 0.717) is 0 Å². The smallest absolute Gasteiger partial charge is 0.305 e. The van der Waals surface area contributed by atoms with Crippen LogP contribution >= 0.6 is 0 Å². The first-order valence-corrected chi connectivity index (χ1v) is 6.61. The van der Waals surface area contributed by atoms with Gasteiger partial charge in [0.1, 0.15) is 6.61 Å². The fourth-order valence-corrected chi connectivity index (χ4v) is 1.77. The Bertz CT molecular complexity index is 471. The fraction of sp³-hybridized carbons (Fsp3) is 0.467. The van der Waals surface area contributed by atoms with Crippen molar-refractivity contribution in [1.82, 2.24) is 0 Å². The van der Waals surface area contributed by atoms with Crippen molar-refractivity contribution in [3.8, 4) is 0 Å². The lowest BCUT2D eigenvalue weighted by atomic mass is 10.1. The molecule has 1 amide bonds. The first-order chi connectivity index (χ1) is 9.41. The molecule has 0 aliphatic rings. The summed E-state index contributed by atoms with van der Waals surface area (Å²) >= 11 is 0. The average molecular weight is 279 g/mol. The number of para-hydroxylation sites is 1. The molecular formula is C15H21NO4. The minimum Gasteiger partial charge on any atom is -0.481 e. The van der Waals surface area contributed by atoms with E-state index in [0.717, 1.165) is 11.3 Å². The van der Waals surface area contributed by atoms with Gasteiger partial charge in [-0.15, -0.1) is 0 Å². The summed E-state index contributed by atoms with van der Waals surface area (Å²) in [6, 6.07) is 7.40. The molecule has 1 aromatic carbocycles. The molecule has 0 aliphatic carbocycles. The second kappa shape index (κ2) is 7.65. The van der Waals surface area contributed by atoms with Crippen molar-refractivity contribution in [3.63, 3.8) is 0 Å². The molecule has 5 nitrogen and oxygen atoms in total. The predicted octanol–water partition coefficient (Wildman–Crippen LogP) is 2.23. The lowest BCUT2D eigenvalue weighted by molar-refractivity contribution is -0.136. The second-order valence-electron chi connectivity index (χ2n) is 4.84. The molecule has 0 radical (unpaired) electrons. The summed E-state index contributed by atoms with van der Waals surface area (Å²) < 4.78 is 5.31. The number of hydrogen-bond acceptors (Lipinski definition) is 3. The third kappa shape index (κ3) is 5.01. The van der Waals surface area contributed by atoms with E-state index < -0.39 is 5.97 Å². The number of hydrogen-bond donors (Lipinski definition) is 1. The number of benzene rings is 1. The zero-order valence-electron chi connectivity index (χ0n) is 12.1. The molecular weight excluding hydrogens is 258 g/mol. The van der Waals surface area contributed by atoms with Gasteiger partial charge in [-0.1, -0.05) is 18.2 Å². The van der Waals surface area contributed by atoms with Gasteiger partial charge in [0, 0.05) is 12.2 Å². The molecule has 0 saturated carbocycles. The highest BCUT2D eigenvalue weighted by Crippen LogP contribution is 2.20. The van der Waals surface area contributed by atoms with Crippen molar-refractivity contribution < 1.29 is 19.4 Å². The molecule has 0 aliphatic heterocycles. The molecule has 110 valence electrons. The Morgan fingerprint density at radius 2 is 1.95 bits per heavy atom. The van der Waals surface area contributed by atoms with E-state index in [-0.39, 0.29) is 31.6 Å². The van der Waals surface area contributed by atoms with Crippen molar-refractivity contribution in [1.29, 1.82) is 0 Å². The number of carboxylic acids is 1. The molecule has 1 aromatic rings. The average Bonchev–Trinajstić information content (AvgIpc) is 2.38. The summed E-state index contributed by atoms with van der Waals surface area (Å²) in [4.78, 5) is 24.4. The Balaban J connectivity index is 2.87. The van der Waals surface area contributed by atoms with Crippen LogP contribution in [0.5, 0.6) is 0 Å². The summed E-state index contributed by atoms with van der Waals surface area (Å²) in [5, 5.41) is 8.81. The molecule has 0 atom stereocenters. The predicted molar refractivity (Wildman–Crippen MR) is 76.9 cm³/mol. The van der Waals surface area contributed by atoms with Gasteiger partial charge in [-0.3, -0.25) is 9.59 Å². The fourth-order valence-electron chi connectivity index (χ4n) is 1.77. The van der Waals surface area contributed by atoms with Gasteiger partial charge in [0.05, 0.1) is 12.5 Å². The van der Waals surface area contributed by atoms with Gasteiger partial charge >= 0.3 is 5.97 Å². The normalized spacial score (nSPS) is 10.6. The summed E-state index contributed by atoms with van der Waals surface area (Å²) in [5.74, 6) is -1.16. The third-order valence-electron chi connectivity index (χ3n) is 2.80. The number of carboxylic acid groups (broad SMARTS) is 1. The van der Waals surface area contributed by atoms with Gasteiger partial charge in [0.2, 0.25) is 0 Å². The van der Waals surface area contributed by atoms with Gasteiger partial charge in [0.15, 0.2) is 0 Å². The molecule has 0 aromatic heterocycles. The summed E-state index contributed by atoms with van der Waals surface area (Å²) in [6.07, 6.45) is -0.140. The summed E-state index contributed by atoms with van der Waals surface area (Å²) in [7, 11) is 0. The largest absolute Gasteiger partial charge is 0.481 e. The number of amides is 1. The Hall–Kier alpha value is -1.88. The molecule has 1 N–H and O–H groups in total. The highest BCUT2D eigenvalue weighted by molar-refractivity contribution is 5.95. The van der Waals surface area contributed by atoms with Gasteiger partial charge in [-0.05, 0) is 32.4 Å². The van der Waals surface area contributed by atoms with Gasteiger partial charge in [-0.2, -0.15) is 0 Å². The number of aliphatic carboxylic acids is 1. The van der Waals surface area contributed by atoms with Crippen LogP contribution in [0.25, 0.3) is 0 Å². The van der Waals surface area contributed by atoms with Gasteiger partial charge < -0.3 is 14.7 Å². The molecule has 1 rings (SSSR count). The van der Waals surface area contributed by atoms with Crippen LogP contribution in [0.2, 0.25) is 0 Å². The van der Waals surface area contributed by atoms with Crippen LogP contribution in [0.3, 0.4) is 0 Å². The van der Waals surface area contributed by atoms with Crippen LogP contribution in [0.1, 0.15) is 25.8 Å². The number of aryl methyl sites for hydroxylation is 1. The number of rotatable bonds is 7. The van der Waals surface area contributed by atoms with E-state index in [2.05, 4.69) is 0 Å². The standard InChI is InChI=1S/C15H21NO4/c1-11(2)20-10-14(17)16(9-8-15(18)19)13-7-5-4-6-12(13)3/h4-7,11H,8-10H2,1-3H3,(H,18,19). The van der Waals surface area contributed by atoms with Crippen LogP contribution in [0, 0.1) is 6.92 Å². The summed E-state index contributed by atoms with van der Waals surface area (Å²) in [5.41, 5.74) is 1.65. The van der Waals surface area contributed by atoms with E-state index in [1.807, 2.05) is 45.0 Å². The van der Waals surface area contributed by atoms with Crippen molar-refractivity contribution in [3.05, 3.63) is 29.8 Å². The highest BCUT2D eigenvalue weighted by atomic mass is 16.5. The van der Waals surface area contributed by atoms with Crippen LogP contribution in [-0.4, -0.2) is 36.2 Å². The maximum atomic E-state index is 12.2. The van der Waals surface area contributed by atoms with Crippen LogP contribution in [0.4, 0.5) is 5.69 Å². The van der Waals surface area contributed by atoms with Crippen LogP contribution in [0.15, 0.2) is 24.3 Å². The molecule has 0 heterocycles. The van der Waals surface area contributed by atoms with Crippen LogP contribution < -0.4 is 4.90 Å². The SMILES string of the molecule is Cc1ccccc1N(CCC(=O)O)C(=O)COC(C)C. The monoisotopic (exact) mass is 279 g/mol. The van der Waals surface area contributed by atoms with E-state index in [9.17, 15) is 9.59 Å². The van der Waals surface area contributed by atoms with Gasteiger partial charge in [0.25, 0.3) is 5.91 Å². The Kier molecular flexibility index (Phi) is 6.18. The minimum absolute atomic E-state index is 0.0443. The number of anilines is 1. The number of nitrogens with zero attached hydrogens (tertiary/aromatic N) is 1. The van der Waals surface area contributed by atoms with E-state index in [1.165, 1.54) is 4.90 Å². The Morgan fingerprint density at radius 1 is 1.30 bits per heavy atom. The lowest BCUT2D eigenvalue weighted by Crippen LogP contribution is -2.36. The third-order valence-corrected chi connectivity index (χ3v) is 2.80. The molecule has 0 spiro atoms. The maximum absolute atomic E-state index is 12.2. The first-order valence-electron chi connectivity index (χ1n) is 6.61. The maximum Gasteiger partial charge on any atom is 0.305 e. The summed E-state index contributed by atoms with van der Waals surface area (Å²) in [6.45, 7) is 5.68. The van der Waals surface area contributed by atoms with Crippen LogP contribution in [-0.2, 0) is 14.3 Å². The topological polar surface area (TPSA) is 66.8 Å². The first kappa shape index (κ1) is 16.2. The van der Waals surface area contributed by atoms with Crippen molar-refractivity contribution in [2.75, 3.05) is 18.1 Å². The van der Waals surface area contributed by atoms with Crippen molar-refractivity contribution in [2.45, 2.75) is 33.3 Å². The van der Waals surface area contributed by atoms with Gasteiger partial charge in [-0.25, -0.2) is 0 Å². The quantitative estimate of drug-likeness (QED) is 0.831. The van der Waals surface area contributed by atoms with Crippen molar-refractivity contribution >= 4 is 17.6 Å². The Labute approximate surface area is 119 Å². The highest BCUT2D eigenvalue weighted by Gasteiger charge is 2.18. The number of ether oxygens (including phenoxy) is 1.